The molecule has 0 bridgehead atoms. The third-order valence-electron chi connectivity index (χ3n) is 4.45. The average Bonchev–Trinajstić information content (AvgIpc) is 2.92. The molecule has 4 aromatic rings. The van der Waals surface area contributed by atoms with Crippen LogP contribution in [0.15, 0.2) is 84.9 Å². The van der Waals surface area contributed by atoms with E-state index in [9.17, 15) is 0 Å². The van der Waals surface area contributed by atoms with E-state index in [-0.39, 0.29) is 0 Å². The Morgan fingerprint density at radius 1 is 0.739 bits per heavy atom. The maximum absolute atomic E-state index is 2.40. The summed E-state index contributed by atoms with van der Waals surface area (Å²) in [6.45, 7) is 3.08. The normalized spacial score (nSPS) is 11.0. The van der Waals surface area contributed by atoms with E-state index in [1.807, 2.05) is 0 Å². The van der Waals surface area contributed by atoms with E-state index in [4.69, 9.17) is 0 Å². The highest BCUT2D eigenvalue weighted by molar-refractivity contribution is 5.81. The molecule has 0 saturated heterocycles. The molecule has 3 aromatic carbocycles. The first-order chi connectivity index (χ1) is 11.3. The fourth-order valence-corrected chi connectivity index (χ4v) is 3.29. The standard InChI is InChI=1S/C22H19N/c1-17-15-19-11-6-8-14-22(19)23(17)16-20-12-5-7-13-21(20)18-9-3-2-4-10-18/h2-15H,16H2,1H3. The monoisotopic (exact) mass is 297 g/mol. The second kappa shape index (κ2) is 5.77. The number of rotatable bonds is 3. The molecule has 1 heterocycles. The third-order valence-corrected chi connectivity index (χ3v) is 4.45. The fourth-order valence-electron chi connectivity index (χ4n) is 3.29. The molecule has 0 atom stereocenters. The second-order valence-corrected chi connectivity index (χ2v) is 5.95. The van der Waals surface area contributed by atoms with Gasteiger partial charge in [0.2, 0.25) is 0 Å². The second-order valence-electron chi connectivity index (χ2n) is 5.95. The van der Waals surface area contributed by atoms with Gasteiger partial charge in [0, 0.05) is 17.8 Å². The molecule has 0 amide bonds. The number of nitrogens with zero attached hydrogens (tertiary/aromatic N) is 1. The lowest BCUT2D eigenvalue weighted by atomic mass is 9.99. The van der Waals surface area contributed by atoms with Crippen LogP contribution in [0.2, 0.25) is 0 Å². The number of fused-ring (bicyclic) bond motifs is 1. The van der Waals surface area contributed by atoms with E-state index in [0.717, 1.165) is 6.54 Å². The summed E-state index contributed by atoms with van der Waals surface area (Å²) in [5.74, 6) is 0. The Bertz CT molecular complexity index is 948. The highest BCUT2D eigenvalue weighted by atomic mass is 15.0. The lowest BCUT2D eigenvalue weighted by Gasteiger charge is -2.13. The minimum absolute atomic E-state index is 0.893. The molecule has 0 saturated carbocycles. The molecule has 0 aliphatic rings. The predicted octanol–water partition coefficient (Wildman–Crippen LogP) is 5.67. The molecule has 0 aliphatic heterocycles. The molecule has 1 heteroatoms. The van der Waals surface area contributed by atoms with Crippen LogP contribution in [0.4, 0.5) is 0 Å². The lowest BCUT2D eigenvalue weighted by molar-refractivity contribution is 0.806. The molecule has 0 spiro atoms. The minimum Gasteiger partial charge on any atom is -0.340 e. The van der Waals surface area contributed by atoms with Gasteiger partial charge in [-0.25, -0.2) is 0 Å². The van der Waals surface area contributed by atoms with Crippen molar-refractivity contribution in [1.82, 2.24) is 4.57 Å². The van der Waals surface area contributed by atoms with Crippen molar-refractivity contribution >= 4 is 10.9 Å². The summed E-state index contributed by atoms with van der Waals surface area (Å²) in [6.07, 6.45) is 0. The van der Waals surface area contributed by atoms with Crippen LogP contribution in [0.5, 0.6) is 0 Å². The molecule has 4 rings (SSSR count). The SMILES string of the molecule is Cc1cc2ccccc2n1Cc1ccccc1-c1ccccc1. The van der Waals surface area contributed by atoms with Gasteiger partial charge >= 0.3 is 0 Å². The summed E-state index contributed by atoms with van der Waals surface area (Å²) in [7, 11) is 0. The molecule has 0 N–H and O–H groups in total. The van der Waals surface area contributed by atoms with Gasteiger partial charge in [-0.05, 0) is 41.1 Å². The number of hydrogen-bond acceptors (Lipinski definition) is 0. The highest BCUT2D eigenvalue weighted by Crippen LogP contribution is 2.27. The number of benzene rings is 3. The fraction of sp³-hybridized carbons (Fsp3) is 0.0909. The van der Waals surface area contributed by atoms with Crippen molar-refractivity contribution < 1.29 is 0 Å². The molecule has 0 aliphatic carbocycles. The third kappa shape index (κ3) is 2.55. The summed E-state index contributed by atoms with van der Waals surface area (Å²) in [5.41, 5.74) is 6.53. The lowest BCUT2D eigenvalue weighted by Crippen LogP contribution is -2.03. The van der Waals surface area contributed by atoms with Crippen LogP contribution in [0.1, 0.15) is 11.3 Å². The summed E-state index contributed by atoms with van der Waals surface area (Å²) >= 11 is 0. The summed E-state index contributed by atoms with van der Waals surface area (Å²) in [6, 6.07) is 30.2. The van der Waals surface area contributed by atoms with Gasteiger partial charge in [-0.1, -0.05) is 72.8 Å². The topological polar surface area (TPSA) is 4.93 Å². The largest absolute Gasteiger partial charge is 0.340 e. The summed E-state index contributed by atoms with van der Waals surface area (Å²) in [5, 5.41) is 1.31. The van der Waals surface area contributed by atoms with E-state index in [0.29, 0.717) is 0 Å². The quantitative estimate of drug-likeness (QED) is 0.459. The van der Waals surface area contributed by atoms with Crippen LogP contribution in [-0.2, 0) is 6.54 Å². The highest BCUT2D eigenvalue weighted by Gasteiger charge is 2.09. The van der Waals surface area contributed by atoms with Crippen molar-refractivity contribution in [3.05, 3.63) is 96.2 Å². The Kier molecular flexibility index (Phi) is 3.47. The van der Waals surface area contributed by atoms with Crippen LogP contribution in [0.3, 0.4) is 0 Å². The Balaban J connectivity index is 1.82. The van der Waals surface area contributed by atoms with E-state index >= 15 is 0 Å². The maximum Gasteiger partial charge on any atom is 0.0485 e. The van der Waals surface area contributed by atoms with Gasteiger partial charge in [-0.3, -0.25) is 0 Å². The van der Waals surface area contributed by atoms with E-state index in [1.54, 1.807) is 0 Å². The molecule has 1 nitrogen and oxygen atoms in total. The Morgan fingerprint density at radius 3 is 2.30 bits per heavy atom. The first kappa shape index (κ1) is 13.8. The predicted molar refractivity (Wildman–Crippen MR) is 97.7 cm³/mol. The van der Waals surface area contributed by atoms with Crippen molar-refractivity contribution in [3.63, 3.8) is 0 Å². The van der Waals surface area contributed by atoms with Gasteiger partial charge < -0.3 is 4.57 Å². The van der Waals surface area contributed by atoms with Crippen molar-refractivity contribution in [3.8, 4) is 11.1 Å². The van der Waals surface area contributed by atoms with Crippen LogP contribution in [0.25, 0.3) is 22.0 Å². The number of aryl methyl sites for hydroxylation is 1. The van der Waals surface area contributed by atoms with Gasteiger partial charge in [0.25, 0.3) is 0 Å². The van der Waals surface area contributed by atoms with Crippen molar-refractivity contribution in [2.75, 3.05) is 0 Å². The van der Waals surface area contributed by atoms with Crippen LogP contribution in [-0.4, -0.2) is 4.57 Å². The van der Waals surface area contributed by atoms with Gasteiger partial charge in [0.05, 0.1) is 0 Å². The van der Waals surface area contributed by atoms with Gasteiger partial charge in [-0.15, -0.1) is 0 Å². The van der Waals surface area contributed by atoms with Crippen molar-refractivity contribution in [1.29, 1.82) is 0 Å². The molecule has 1 aromatic heterocycles. The zero-order chi connectivity index (χ0) is 15.6. The van der Waals surface area contributed by atoms with Crippen molar-refractivity contribution in [2.45, 2.75) is 13.5 Å². The van der Waals surface area contributed by atoms with Crippen LogP contribution in [0, 0.1) is 6.92 Å². The summed E-state index contributed by atoms with van der Waals surface area (Å²) < 4.78 is 2.40. The molecule has 0 fully saturated rings. The number of aromatic nitrogens is 1. The van der Waals surface area contributed by atoms with E-state index in [1.165, 1.54) is 33.3 Å². The molecular weight excluding hydrogens is 278 g/mol. The zero-order valence-corrected chi connectivity index (χ0v) is 13.2. The first-order valence-electron chi connectivity index (χ1n) is 8.01. The summed E-state index contributed by atoms with van der Waals surface area (Å²) in [4.78, 5) is 0. The van der Waals surface area contributed by atoms with Gasteiger partial charge in [0.1, 0.15) is 0 Å². The molecular formula is C22H19N. The molecule has 0 unspecified atom stereocenters. The van der Waals surface area contributed by atoms with E-state index < -0.39 is 0 Å². The zero-order valence-electron chi connectivity index (χ0n) is 13.2. The Labute approximate surface area is 136 Å². The van der Waals surface area contributed by atoms with Crippen molar-refractivity contribution in [2.24, 2.45) is 0 Å². The minimum atomic E-state index is 0.893. The molecule has 0 radical (unpaired) electrons. The van der Waals surface area contributed by atoms with E-state index in [2.05, 4.69) is 96.4 Å². The van der Waals surface area contributed by atoms with Gasteiger partial charge in [-0.2, -0.15) is 0 Å². The molecule has 23 heavy (non-hydrogen) atoms. The van der Waals surface area contributed by atoms with Crippen LogP contribution < -0.4 is 0 Å². The number of hydrogen-bond donors (Lipinski definition) is 0. The Hall–Kier alpha value is -2.80. The Morgan fingerprint density at radius 2 is 1.43 bits per heavy atom. The smallest absolute Gasteiger partial charge is 0.0485 e. The van der Waals surface area contributed by atoms with Crippen LogP contribution >= 0.6 is 0 Å². The number of para-hydroxylation sites is 1. The van der Waals surface area contributed by atoms with Gasteiger partial charge in [0.15, 0.2) is 0 Å². The average molecular weight is 297 g/mol. The first-order valence-corrected chi connectivity index (χ1v) is 8.01. The maximum atomic E-state index is 2.40. The molecule has 112 valence electrons.